The van der Waals surface area contributed by atoms with E-state index in [1.165, 1.54) is 0 Å². The van der Waals surface area contributed by atoms with Crippen LogP contribution >= 0.6 is 15.9 Å². The van der Waals surface area contributed by atoms with Crippen molar-refractivity contribution in [1.29, 1.82) is 5.41 Å². The summed E-state index contributed by atoms with van der Waals surface area (Å²) in [6.45, 7) is 1.79. The van der Waals surface area contributed by atoms with Gasteiger partial charge in [0, 0.05) is 28.8 Å². The van der Waals surface area contributed by atoms with E-state index in [0.29, 0.717) is 12.2 Å². The molecule has 0 amide bonds. The molecule has 2 heterocycles. The maximum absolute atomic E-state index is 7.69. The van der Waals surface area contributed by atoms with Gasteiger partial charge in [-0.3, -0.25) is 5.41 Å². The quantitative estimate of drug-likeness (QED) is 0.649. The van der Waals surface area contributed by atoms with Gasteiger partial charge in [-0.25, -0.2) is 0 Å². The average molecular weight is 310 g/mol. The van der Waals surface area contributed by atoms with Gasteiger partial charge in [0.15, 0.2) is 0 Å². The smallest absolute Gasteiger partial charge is 0.124 e. The van der Waals surface area contributed by atoms with Crippen molar-refractivity contribution in [3.63, 3.8) is 0 Å². The third-order valence-electron chi connectivity index (χ3n) is 3.63. The van der Waals surface area contributed by atoms with E-state index in [4.69, 9.17) is 15.9 Å². The summed E-state index contributed by atoms with van der Waals surface area (Å²) < 4.78 is 6.86. The largest absolute Gasteiger partial charge is 0.384 e. The Hall–Kier alpha value is -1.07. The molecule has 0 radical (unpaired) electrons. The highest BCUT2D eigenvalue weighted by Gasteiger charge is 2.34. The number of nitrogens with one attached hydrogen (secondary N) is 1. The van der Waals surface area contributed by atoms with Crippen LogP contribution in [0.4, 0.5) is 5.69 Å². The molecule has 0 aliphatic carbocycles. The molecule has 2 atom stereocenters. The molecule has 0 saturated carbocycles. The Morgan fingerprint density at radius 2 is 2.00 bits per heavy atom. The van der Waals surface area contributed by atoms with E-state index in [1.54, 1.807) is 0 Å². The lowest BCUT2D eigenvalue weighted by Crippen LogP contribution is -2.43. The summed E-state index contributed by atoms with van der Waals surface area (Å²) in [5, 5.41) is 7.69. The predicted molar refractivity (Wildman–Crippen MR) is 75.3 cm³/mol. The average Bonchev–Trinajstić information content (AvgIpc) is 2.67. The summed E-state index contributed by atoms with van der Waals surface area (Å²) in [4.78, 5) is 2.30. The first-order valence-corrected chi connectivity index (χ1v) is 6.97. The molecule has 1 aromatic carbocycles. The fourth-order valence-electron chi connectivity index (χ4n) is 2.81. The molecule has 2 fully saturated rings. The summed E-state index contributed by atoms with van der Waals surface area (Å²) in [6.07, 6.45) is 2.96. The van der Waals surface area contributed by atoms with Crippen LogP contribution in [0.2, 0.25) is 0 Å². The van der Waals surface area contributed by atoms with Crippen LogP contribution in [0.5, 0.6) is 0 Å². The minimum Gasteiger partial charge on any atom is -0.384 e. The van der Waals surface area contributed by atoms with Gasteiger partial charge in [-0.2, -0.15) is 0 Å². The molecule has 4 nitrogen and oxygen atoms in total. The van der Waals surface area contributed by atoms with Gasteiger partial charge < -0.3 is 15.4 Å². The second-order valence-corrected chi connectivity index (χ2v) is 5.85. The number of anilines is 1. The van der Waals surface area contributed by atoms with Crippen molar-refractivity contribution in [2.75, 3.05) is 18.0 Å². The van der Waals surface area contributed by atoms with Crippen LogP contribution in [0, 0.1) is 5.41 Å². The molecule has 96 valence electrons. The molecule has 5 heteroatoms. The maximum atomic E-state index is 7.69. The molecule has 0 aromatic heterocycles. The zero-order valence-corrected chi connectivity index (χ0v) is 11.6. The maximum Gasteiger partial charge on any atom is 0.124 e. The molecule has 2 aliphatic rings. The molecule has 18 heavy (non-hydrogen) atoms. The standard InChI is InChI=1S/C13H16BrN3O/c14-8-1-4-11(13(15)16)12(5-8)17-6-9-2-3-10(7-17)18-9/h1,4-5,9-10H,2-3,6-7H2,(H3,15,16). The van der Waals surface area contributed by atoms with Gasteiger partial charge in [0.05, 0.1) is 12.2 Å². The molecule has 3 rings (SSSR count). The molecule has 1 aromatic rings. The molecule has 0 spiro atoms. The Bertz CT molecular complexity index is 479. The van der Waals surface area contributed by atoms with Crippen molar-refractivity contribution in [3.05, 3.63) is 28.2 Å². The normalized spacial score (nSPS) is 26.4. The molecular formula is C13H16BrN3O. The van der Waals surface area contributed by atoms with Crippen LogP contribution in [0.25, 0.3) is 0 Å². The minimum absolute atomic E-state index is 0.122. The number of rotatable bonds is 2. The van der Waals surface area contributed by atoms with Crippen LogP contribution in [0.15, 0.2) is 22.7 Å². The van der Waals surface area contributed by atoms with Gasteiger partial charge in [-0.15, -0.1) is 0 Å². The van der Waals surface area contributed by atoms with E-state index in [-0.39, 0.29) is 5.84 Å². The van der Waals surface area contributed by atoms with E-state index in [1.807, 2.05) is 18.2 Å². The zero-order valence-electron chi connectivity index (χ0n) is 10.0. The first kappa shape index (κ1) is 12.0. The summed E-state index contributed by atoms with van der Waals surface area (Å²) in [7, 11) is 0. The summed E-state index contributed by atoms with van der Waals surface area (Å²) in [5.41, 5.74) is 7.51. The highest BCUT2D eigenvalue weighted by molar-refractivity contribution is 9.10. The van der Waals surface area contributed by atoms with E-state index in [0.717, 1.165) is 41.7 Å². The summed E-state index contributed by atoms with van der Waals surface area (Å²) in [5.74, 6) is 0.122. The highest BCUT2D eigenvalue weighted by atomic mass is 79.9. The van der Waals surface area contributed by atoms with Crippen molar-refractivity contribution in [3.8, 4) is 0 Å². The van der Waals surface area contributed by atoms with E-state index in [9.17, 15) is 0 Å². The van der Waals surface area contributed by atoms with Crippen molar-refractivity contribution in [1.82, 2.24) is 0 Å². The third-order valence-corrected chi connectivity index (χ3v) is 4.13. The van der Waals surface area contributed by atoms with Crippen molar-refractivity contribution in [2.45, 2.75) is 25.0 Å². The molecule has 2 bridgehead atoms. The first-order valence-electron chi connectivity index (χ1n) is 6.18. The molecular weight excluding hydrogens is 294 g/mol. The topological polar surface area (TPSA) is 62.3 Å². The SMILES string of the molecule is N=C(N)c1ccc(Br)cc1N1CC2CCC(C1)O2. The van der Waals surface area contributed by atoms with Gasteiger partial charge in [-0.1, -0.05) is 15.9 Å². The van der Waals surface area contributed by atoms with Gasteiger partial charge in [0.25, 0.3) is 0 Å². The number of hydrogen-bond donors (Lipinski definition) is 2. The van der Waals surface area contributed by atoms with E-state index >= 15 is 0 Å². The van der Waals surface area contributed by atoms with Crippen molar-refractivity contribution in [2.24, 2.45) is 5.73 Å². The number of hydrogen-bond acceptors (Lipinski definition) is 3. The van der Waals surface area contributed by atoms with Crippen LogP contribution < -0.4 is 10.6 Å². The van der Waals surface area contributed by atoms with Crippen LogP contribution in [-0.2, 0) is 4.74 Å². The minimum atomic E-state index is 0.122. The number of halogens is 1. The van der Waals surface area contributed by atoms with Gasteiger partial charge >= 0.3 is 0 Å². The summed E-state index contributed by atoms with van der Waals surface area (Å²) >= 11 is 3.49. The Labute approximate surface area is 115 Å². The second-order valence-electron chi connectivity index (χ2n) is 4.94. The third kappa shape index (κ3) is 2.12. The number of nitrogens with zero attached hydrogens (tertiary/aromatic N) is 1. The fourth-order valence-corrected chi connectivity index (χ4v) is 3.15. The monoisotopic (exact) mass is 309 g/mol. The van der Waals surface area contributed by atoms with Gasteiger partial charge in [0.1, 0.15) is 5.84 Å². The summed E-state index contributed by atoms with van der Waals surface area (Å²) in [6, 6.07) is 5.87. The number of fused-ring (bicyclic) bond motifs is 2. The lowest BCUT2D eigenvalue weighted by molar-refractivity contribution is 0.0305. The predicted octanol–water partition coefficient (Wildman–Crippen LogP) is 2.10. The number of morpholine rings is 1. The van der Waals surface area contributed by atoms with Crippen LogP contribution in [0.3, 0.4) is 0 Å². The fraction of sp³-hybridized carbons (Fsp3) is 0.462. The number of nitrogens with two attached hydrogens (primary N) is 1. The second kappa shape index (κ2) is 4.55. The highest BCUT2D eigenvalue weighted by Crippen LogP contribution is 2.32. The Kier molecular flexibility index (Phi) is 3.03. The molecule has 3 N–H and O–H groups in total. The molecule has 2 unspecified atom stereocenters. The number of benzene rings is 1. The zero-order chi connectivity index (χ0) is 12.7. The van der Waals surface area contributed by atoms with Gasteiger partial charge in [-0.05, 0) is 31.0 Å². The number of amidine groups is 1. The Morgan fingerprint density at radius 3 is 2.61 bits per heavy atom. The van der Waals surface area contributed by atoms with Crippen LogP contribution in [0.1, 0.15) is 18.4 Å². The first-order chi connectivity index (χ1) is 8.63. The molecule has 2 saturated heterocycles. The molecule has 2 aliphatic heterocycles. The van der Waals surface area contributed by atoms with Gasteiger partial charge in [0.2, 0.25) is 0 Å². The van der Waals surface area contributed by atoms with E-state index < -0.39 is 0 Å². The lowest BCUT2D eigenvalue weighted by Gasteiger charge is -2.35. The van der Waals surface area contributed by atoms with Crippen molar-refractivity contribution < 1.29 is 4.74 Å². The van der Waals surface area contributed by atoms with E-state index in [2.05, 4.69) is 20.8 Å². The number of nitrogen functional groups attached to an aromatic ring is 1. The number of ether oxygens (including phenoxy) is 1. The Balaban J connectivity index is 1.95. The van der Waals surface area contributed by atoms with Crippen molar-refractivity contribution >= 4 is 27.5 Å². The van der Waals surface area contributed by atoms with Crippen LogP contribution in [-0.4, -0.2) is 31.1 Å². The lowest BCUT2D eigenvalue weighted by atomic mass is 10.1. The Morgan fingerprint density at radius 1 is 1.33 bits per heavy atom.